The van der Waals surface area contributed by atoms with Gasteiger partial charge in [-0.05, 0) is 17.7 Å². The van der Waals surface area contributed by atoms with Gasteiger partial charge in [0.25, 0.3) is 11.6 Å². The maximum Gasteiger partial charge on any atom is 0.284 e. The summed E-state index contributed by atoms with van der Waals surface area (Å²) in [7, 11) is 0. The molecule has 7 nitrogen and oxygen atoms in total. The van der Waals surface area contributed by atoms with E-state index in [1.165, 1.54) is 24.4 Å². The predicted molar refractivity (Wildman–Crippen MR) is 57.6 cm³/mol. The van der Waals surface area contributed by atoms with Crippen molar-refractivity contribution in [1.82, 2.24) is 4.98 Å². The Morgan fingerprint density at radius 3 is 2.69 bits per heavy atom. The standard InChI is InChI=1S/C9H10N4O3/c10-4-7(13(15)16)2-1-6-3-8(9(11)14)12-5-6/h1-5,12H,10H2,(H2,11,14)/b2-1+,7-4+. The molecule has 1 aromatic heterocycles. The number of amides is 1. The Labute approximate surface area is 90.6 Å². The van der Waals surface area contributed by atoms with Crippen molar-refractivity contribution in [1.29, 1.82) is 0 Å². The van der Waals surface area contributed by atoms with Crippen molar-refractivity contribution in [2.45, 2.75) is 0 Å². The van der Waals surface area contributed by atoms with Crippen LogP contribution in [-0.4, -0.2) is 15.8 Å². The summed E-state index contributed by atoms with van der Waals surface area (Å²) in [6, 6.07) is 1.48. The quantitative estimate of drug-likeness (QED) is 0.382. The molecule has 0 unspecified atom stereocenters. The zero-order valence-electron chi connectivity index (χ0n) is 8.21. The van der Waals surface area contributed by atoms with Crippen LogP contribution < -0.4 is 11.5 Å². The summed E-state index contributed by atoms with van der Waals surface area (Å²) in [5.74, 6) is -0.594. The van der Waals surface area contributed by atoms with E-state index in [0.29, 0.717) is 5.56 Å². The highest BCUT2D eigenvalue weighted by Crippen LogP contribution is 2.07. The summed E-state index contributed by atoms with van der Waals surface area (Å²) >= 11 is 0. The fraction of sp³-hybridized carbons (Fsp3) is 0. The molecule has 1 amide bonds. The number of aromatic amines is 1. The third kappa shape index (κ3) is 2.71. The van der Waals surface area contributed by atoms with Gasteiger partial charge in [0.1, 0.15) is 5.69 Å². The lowest BCUT2D eigenvalue weighted by atomic mass is 10.2. The average molecular weight is 222 g/mol. The first-order chi connectivity index (χ1) is 7.54. The normalized spacial score (nSPS) is 11.9. The first-order valence-corrected chi connectivity index (χ1v) is 4.27. The first kappa shape index (κ1) is 11.5. The molecule has 5 N–H and O–H groups in total. The molecule has 84 valence electrons. The molecule has 0 aliphatic rings. The third-order valence-corrected chi connectivity index (χ3v) is 1.80. The van der Waals surface area contributed by atoms with Gasteiger partial charge >= 0.3 is 0 Å². The number of nitro groups is 1. The fourth-order valence-electron chi connectivity index (χ4n) is 1.01. The molecule has 1 heterocycles. The second-order valence-electron chi connectivity index (χ2n) is 2.89. The Bertz CT molecular complexity index is 473. The number of carbonyl (C=O) groups is 1. The number of primary amides is 1. The van der Waals surface area contributed by atoms with E-state index in [-0.39, 0.29) is 11.4 Å². The van der Waals surface area contributed by atoms with Crippen LogP contribution in [-0.2, 0) is 0 Å². The number of hydrogen-bond donors (Lipinski definition) is 3. The SMILES string of the molecule is N/C=C(\C=C\c1c[nH]c(C(N)=O)c1)[N+](=O)[O-]. The van der Waals surface area contributed by atoms with Crippen LogP contribution in [0.1, 0.15) is 16.1 Å². The number of nitrogens with one attached hydrogen (secondary N) is 1. The highest BCUT2D eigenvalue weighted by atomic mass is 16.6. The van der Waals surface area contributed by atoms with Gasteiger partial charge in [-0.15, -0.1) is 0 Å². The molecule has 16 heavy (non-hydrogen) atoms. The topological polar surface area (TPSA) is 128 Å². The van der Waals surface area contributed by atoms with Crippen LogP contribution in [0.5, 0.6) is 0 Å². The molecule has 0 saturated carbocycles. The van der Waals surface area contributed by atoms with Crippen molar-refractivity contribution in [3.8, 4) is 0 Å². The first-order valence-electron chi connectivity index (χ1n) is 4.27. The molecule has 0 bridgehead atoms. The lowest BCUT2D eigenvalue weighted by molar-refractivity contribution is -0.419. The van der Waals surface area contributed by atoms with Crippen molar-refractivity contribution in [3.63, 3.8) is 0 Å². The fourth-order valence-corrected chi connectivity index (χ4v) is 1.01. The molecule has 0 aliphatic heterocycles. The molecule has 1 aromatic rings. The summed E-state index contributed by atoms with van der Waals surface area (Å²) in [4.78, 5) is 23.2. The van der Waals surface area contributed by atoms with E-state index >= 15 is 0 Å². The van der Waals surface area contributed by atoms with Gasteiger partial charge in [0.15, 0.2) is 0 Å². The molecular formula is C9H10N4O3. The van der Waals surface area contributed by atoms with Crippen molar-refractivity contribution in [2.24, 2.45) is 11.5 Å². The summed E-state index contributed by atoms with van der Waals surface area (Å²) in [6.45, 7) is 0. The van der Waals surface area contributed by atoms with Crippen molar-refractivity contribution < 1.29 is 9.72 Å². The van der Waals surface area contributed by atoms with Crippen LogP contribution in [0.4, 0.5) is 0 Å². The van der Waals surface area contributed by atoms with Crippen LogP contribution in [0.25, 0.3) is 6.08 Å². The smallest absolute Gasteiger partial charge is 0.284 e. The summed E-state index contributed by atoms with van der Waals surface area (Å²) < 4.78 is 0. The van der Waals surface area contributed by atoms with Gasteiger partial charge in [0.2, 0.25) is 0 Å². The number of carbonyl (C=O) groups excluding carboxylic acids is 1. The Morgan fingerprint density at radius 1 is 1.56 bits per heavy atom. The minimum absolute atomic E-state index is 0.234. The van der Waals surface area contributed by atoms with E-state index < -0.39 is 10.8 Å². The predicted octanol–water partition coefficient (Wildman–Crippen LogP) is 0.204. The number of aromatic nitrogens is 1. The zero-order chi connectivity index (χ0) is 12.1. The average Bonchev–Trinajstić information content (AvgIpc) is 2.67. The van der Waals surface area contributed by atoms with E-state index in [1.807, 2.05) is 0 Å². The van der Waals surface area contributed by atoms with E-state index in [1.54, 1.807) is 0 Å². The molecule has 0 fully saturated rings. The molecule has 0 saturated heterocycles. The maximum atomic E-state index is 10.7. The highest BCUT2D eigenvalue weighted by molar-refractivity contribution is 5.91. The molecule has 0 atom stereocenters. The number of allylic oxidation sites excluding steroid dienone is 1. The monoisotopic (exact) mass is 222 g/mol. The minimum Gasteiger partial charge on any atom is -0.399 e. The molecular weight excluding hydrogens is 212 g/mol. The van der Waals surface area contributed by atoms with E-state index in [2.05, 4.69) is 4.98 Å². The summed E-state index contributed by atoms with van der Waals surface area (Å²) in [6.07, 6.45) is 5.07. The lowest BCUT2D eigenvalue weighted by Gasteiger charge is -1.88. The summed E-state index contributed by atoms with van der Waals surface area (Å²) in [5, 5.41) is 10.4. The Balaban J connectivity index is 2.84. The van der Waals surface area contributed by atoms with Crippen LogP contribution in [0.15, 0.2) is 30.2 Å². The largest absolute Gasteiger partial charge is 0.399 e. The Hall–Kier alpha value is -2.57. The van der Waals surface area contributed by atoms with Crippen LogP contribution >= 0.6 is 0 Å². The Kier molecular flexibility index (Phi) is 3.44. The van der Waals surface area contributed by atoms with Crippen LogP contribution in [0.3, 0.4) is 0 Å². The van der Waals surface area contributed by atoms with Gasteiger partial charge in [-0.3, -0.25) is 14.9 Å². The van der Waals surface area contributed by atoms with E-state index in [0.717, 1.165) is 6.20 Å². The molecule has 0 radical (unpaired) electrons. The maximum absolute atomic E-state index is 10.7. The highest BCUT2D eigenvalue weighted by Gasteiger charge is 2.05. The second kappa shape index (κ2) is 4.78. The Morgan fingerprint density at radius 2 is 2.25 bits per heavy atom. The molecule has 0 spiro atoms. The number of H-pyrrole nitrogens is 1. The van der Waals surface area contributed by atoms with Gasteiger partial charge in [-0.25, -0.2) is 0 Å². The molecule has 0 aliphatic carbocycles. The zero-order valence-corrected chi connectivity index (χ0v) is 8.21. The summed E-state index contributed by atoms with van der Waals surface area (Å²) in [5.41, 5.74) is 10.7. The second-order valence-corrected chi connectivity index (χ2v) is 2.89. The van der Waals surface area contributed by atoms with Crippen molar-refractivity contribution >= 4 is 12.0 Å². The number of nitrogens with zero attached hydrogens (tertiary/aromatic N) is 1. The van der Waals surface area contributed by atoms with Gasteiger partial charge < -0.3 is 16.5 Å². The molecule has 7 heteroatoms. The lowest BCUT2D eigenvalue weighted by Crippen LogP contribution is -2.10. The molecule has 1 rings (SSSR count). The van der Waals surface area contributed by atoms with Gasteiger partial charge in [0.05, 0.1) is 11.1 Å². The van der Waals surface area contributed by atoms with E-state index in [4.69, 9.17) is 11.5 Å². The van der Waals surface area contributed by atoms with Crippen LogP contribution in [0.2, 0.25) is 0 Å². The van der Waals surface area contributed by atoms with Crippen LogP contribution in [0, 0.1) is 10.1 Å². The van der Waals surface area contributed by atoms with Crippen molar-refractivity contribution in [2.75, 3.05) is 0 Å². The third-order valence-electron chi connectivity index (χ3n) is 1.80. The molecule has 0 aromatic carbocycles. The van der Waals surface area contributed by atoms with Crippen molar-refractivity contribution in [3.05, 3.63) is 51.6 Å². The van der Waals surface area contributed by atoms with Gasteiger partial charge in [0, 0.05) is 12.3 Å². The van der Waals surface area contributed by atoms with Gasteiger partial charge in [-0.2, -0.15) is 0 Å². The number of nitrogens with two attached hydrogens (primary N) is 2. The van der Waals surface area contributed by atoms with Gasteiger partial charge in [-0.1, -0.05) is 0 Å². The number of hydrogen-bond acceptors (Lipinski definition) is 4. The van der Waals surface area contributed by atoms with E-state index in [9.17, 15) is 14.9 Å². The number of rotatable bonds is 4. The minimum atomic E-state index is -0.613.